The van der Waals surface area contributed by atoms with Crippen LogP contribution in [-0.4, -0.2) is 10.1 Å². The first-order valence-electron chi connectivity index (χ1n) is 8.47. The van der Waals surface area contributed by atoms with Crippen LogP contribution in [0.25, 0.3) is 0 Å². The maximum atomic E-state index is 14.4. The van der Waals surface area contributed by atoms with Gasteiger partial charge in [0.25, 0.3) is 0 Å². The molecule has 0 bridgehead atoms. The Labute approximate surface area is 170 Å². The fourth-order valence-corrected chi connectivity index (χ4v) is 3.83. The molecule has 0 spiro atoms. The zero-order valence-electron chi connectivity index (χ0n) is 14.8. The van der Waals surface area contributed by atoms with Gasteiger partial charge in [0.1, 0.15) is 5.82 Å². The van der Waals surface area contributed by atoms with Gasteiger partial charge in [0.05, 0.1) is 23.0 Å². The topological polar surface area (TPSA) is 72.2 Å². The number of nitrogens with two attached hydrogens (primary N) is 1. The van der Waals surface area contributed by atoms with E-state index in [1.165, 1.54) is 12.1 Å². The highest BCUT2D eigenvalue weighted by atomic mass is 35.5. The maximum Gasteiger partial charge on any atom is 0.228 e. The summed E-state index contributed by atoms with van der Waals surface area (Å²) in [6, 6.07) is 17.9. The number of nitrogen functional groups attached to an aromatic ring is 1. The van der Waals surface area contributed by atoms with Crippen molar-refractivity contribution in [2.24, 2.45) is 0 Å². The maximum absolute atomic E-state index is 14.4. The van der Waals surface area contributed by atoms with Gasteiger partial charge in [-0.3, -0.25) is 9.00 Å². The van der Waals surface area contributed by atoms with E-state index in [4.69, 9.17) is 17.3 Å². The van der Waals surface area contributed by atoms with Crippen LogP contribution in [0.4, 0.5) is 15.8 Å². The van der Waals surface area contributed by atoms with Crippen molar-refractivity contribution in [2.45, 2.75) is 17.1 Å². The number of carbonyl (C=O) groups is 1. The van der Waals surface area contributed by atoms with Crippen LogP contribution in [0.3, 0.4) is 0 Å². The minimum atomic E-state index is -1.40. The second kappa shape index (κ2) is 8.99. The molecule has 1 atom stereocenters. The SMILES string of the molecule is Nc1ccc(CC(=O)Nc2ccc(CS(=O)c3ccc(Cl)cc3)c(F)c2)cc1. The Kier molecular flexibility index (Phi) is 6.44. The van der Waals surface area contributed by atoms with Crippen molar-refractivity contribution in [3.63, 3.8) is 0 Å². The van der Waals surface area contributed by atoms with Gasteiger partial charge in [-0.05, 0) is 54.1 Å². The molecule has 7 heteroatoms. The molecule has 0 aromatic heterocycles. The zero-order valence-corrected chi connectivity index (χ0v) is 16.4. The number of benzene rings is 3. The Balaban J connectivity index is 1.63. The van der Waals surface area contributed by atoms with Crippen molar-refractivity contribution in [3.05, 3.63) is 88.7 Å². The van der Waals surface area contributed by atoms with E-state index in [-0.39, 0.29) is 18.1 Å². The lowest BCUT2D eigenvalue weighted by Gasteiger charge is -2.09. The molecular formula is C21H18ClFN2O2S. The third kappa shape index (κ3) is 5.41. The number of hydrogen-bond acceptors (Lipinski definition) is 3. The molecule has 1 amide bonds. The number of nitrogens with one attached hydrogen (secondary N) is 1. The molecule has 3 rings (SSSR count). The van der Waals surface area contributed by atoms with Crippen molar-refractivity contribution in [2.75, 3.05) is 11.1 Å². The fourth-order valence-electron chi connectivity index (χ4n) is 2.58. The molecule has 144 valence electrons. The van der Waals surface area contributed by atoms with E-state index in [1.54, 1.807) is 54.6 Å². The van der Waals surface area contributed by atoms with E-state index in [9.17, 15) is 13.4 Å². The van der Waals surface area contributed by atoms with Crippen LogP contribution in [0.1, 0.15) is 11.1 Å². The van der Waals surface area contributed by atoms with Crippen LogP contribution in [0.15, 0.2) is 71.6 Å². The smallest absolute Gasteiger partial charge is 0.228 e. The van der Waals surface area contributed by atoms with Crippen LogP contribution in [0, 0.1) is 5.82 Å². The van der Waals surface area contributed by atoms with E-state index in [1.807, 2.05) is 0 Å². The molecule has 0 aliphatic rings. The molecule has 0 saturated carbocycles. The number of hydrogen-bond donors (Lipinski definition) is 2. The Morgan fingerprint density at radius 2 is 1.71 bits per heavy atom. The van der Waals surface area contributed by atoms with Crippen molar-refractivity contribution in [1.29, 1.82) is 0 Å². The molecule has 1 unspecified atom stereocenters. The van der Waals surface area contributed by atoms with E-state index < -0.39 is 16.6 Å². The standard InChI is InChI=1S/C21H18ClFN2O2S/c22-16-4-9-19(10-5-16)28(27)13-15-3-8-18(12-20(15)23)25-21(26)11-14-1-6-17(24)7-2-14/h1-10,12H,11,13,24H2,(H,25,26). The normalized spacial score (nSPS) is 11.8. The van der Waals surface area contributed by atoms with Gasteiger partial charge in [0, 0.05) is 26.9 Å². The Morgan fingerprint density at radius 3 is 2.36 bits per heavy atom. The first-order chi connectivity index (χ1) is 13.4. The molecule has 0 aliphatic heterocycles. The highest BCUT2D eigenvalue weighted by Gasteiger charge is 2.11. The van der Waals surface area contributed by atoms with Crippen molar-refractivity contribution in [3.8, 4) is 0 Å². The molecule has 28 heavy (non-hydrogen) atoms. The lowest BCUT2D eigenvalue weighted by Crippen LogP contribution is -2.14. The quantitative estimate of drug-likeness (QED) is 0.579. The van der Waals surface area contributed by atoms with Crippen LogP contribution in [0.5, 0.6) is 0 Å². The Bertz CT molecular complexity index is 1010. The zero-order chi connectivity index (χ0) is 20.1. The van der Waals surface area contributed by atoms with Gasteiger partial charge >= 0.3 is 0 Å². The van der Waals surface area contributed by atoms with Crippen molar-refractivity contribution in [1.82, 2.24) is 0 Å². The van der Waals surface area contributed by atoms with E-state index >= 15 is 0 Å². The summed E-state index contributed by atoms with van der Waals surface area (Å²) in [4.78, 5) is 12.7. The third-order valence-corrected chi connectivity index (χ3v) is 5.67. The highest BCUT2D eigenvalue weighted by Crippen LogP contribution is 2.20. The van der Waals surface area contributed by atoms with Gasteiger partial charge in [0.15, 0.2) is 0 Å². The summed E-state index contributed by atoms with van der Waals surface area (Å²) < 4.78 is 26.8. The Hall–Kier alpha value is -2.70. The van der Waals surface area contributed by atoms with Crippen LogP contribution in [0.2, 0.25) is 5.02 Å². The van der Waals surface area contributed by atoms with Crippen molar-refractivity contribution >= 4 is 39.7 Å². The average Bonchev–Trinajstić information content (AvgIpc) is 2.66. The predicted octanol–water partition coefficient (Wildman–Crippen LogP) is 4.55. The molecule has 3 aromatic rings. The van der Waals surface area contributed by atoms with Gasteiger partial charge < -0.3 is 11.1 Å². The van der Waals surface area contributed by atoms with Gasteiger partial charge in [-0.25, -0.2) is 4.39 Å². The van der Waals surface area contributed by atoms with Gasteiger partial charge in [-0.1, -0.05) is 29.8 Å². The molecule has 0 radical (unpaired) electrons. The molecule has 4 nitrogen and oxygen atoms in total. The van der Waals surface area contributed by atoms with E-state index in [2.05, 4.69) is 5.32 Å². The minimum Gasteiger partial charge on any atom is -0.399 e. The number of anilines is 2. The Morgan fingerprint density at radius 1 is 1.04 bits per heavy atom. The molecule has 0 saturated heterocycles. The van der Waals surface area contributed by atoms with Crippen LogP contribution in [-0.2, 0) is 27.8 Å². The lowest BCUT2D eigenvalue weighted by molar-refractivity contribution is -0.115. The van der Waals surface area contributed by atoms with E-state index in [0.717, 1.165) is 5.56 Å². The third-order valence-electron chi connectivity index (χ3n) is 4.04. The average molecular weight is 417 g/mol. The summed E-state index contributed by atoms with van der Waals surface area (Å²) in [5.41, 5.74) is 7.71. The number of halogens is 2. The summed E-state index contributed by atoms with van der Waals surface area (Å²) in [5.74, 6) is -0.748. The highest BCUT2D eigenvalue weighted by molar-refractivity contribution is 7.84. The number of rotatable bonds is 6. The summed E-state index contributed by atoms with van der Waals surface area (Å²) in [7, 11) is -1.40. The van der Waals surface area contributed by atoms with Gasteiger partial charge in [-0.15, -0.1) is 0 Å². The van der Waals surface area contributed by atoms with Gasteiger partial charge in [-0.2, -0.15) is 0 Å². The van der Waals surface area contributed by atoms with Gasteiger partial charge in [0.2, 0.25) is 5.91 Å². The molecule has 3 aromatic carbocycles. The van der Waals surface area contributed by atoms with E-state index in [0.29, 0.717) is 26.9 Å². The van der Waals surface area contributed by atoms with Crippen LogP contribution < -0.4 is 11.1 Å². The van der Waals surface area contributed by atoms with Crippen molar-refractivity contribution < 1.29 is 13.4 Å². The monoisotopic (exact) mass is 416 g/mol. The fraction of sp³-hybridized carbons (Fsp3) is 0.0952. The first-order valence-corrected chi connectivity index (χ1v) is 10.2. The second-order valence-corrected chi connectivity index (χ2v) is 8.10. The predicted molar refractivity (Wildman–Crippen MR) is 111 cm³/mol. The summed E-state index contributed by atoms with van der Waals surface area (Å²) >= 11 is 5.82. The first kappa shape index (κ1) is 20.0. The van der Waals surface area contributed by atoms with Crippen LogP contribution >= 0.6 is 11.6 Å². The minimum absolute atomic E-state index is 0.0349. The second-order valence-electron chi connectivity index (χ2n) is 6.22. The molecular weight excluding hydrogens is 399 g/mol. The molecule has 0 fully saturated rings. The summed E-state index contributed by atoms with van der Waals surface area (Å²) in [5, 5.41) is 3.21. The molecule has 0 aliphatic carbocycles. The lowest BCUT2D eigenvalue weighted by atomic mass is 10.1. The molecule has 0 heterocycles. The number of carbonyl (C=O) groups excluding carboxylic acids is 1. The number of amides is 1. The molecule has 3 N–H and O–H groups in total. The summed E-state index contributed by atoms with van der Waals surface area (Å²) in [6.07, 6.45) is 0.157. The summed E-state index contributed by atoms with van der Waals surface area (Å²) in [6.45, 7) is 0. The largest absolute Gasteiger partial charge is 0.399 e.